The molecule has 0 bridgehead atoms. The summed E-state index contributed by atoms with van der Waals surface area (Å²) in [5, 5.41) is 6.16. The van der Waals surface area contributed by atoms with Gasteiger partial charge in [0.25, 0.3) is 11.8 Å². The van der Waals surface area contributed by atoms with Crippen LogP contribution in [0.4, 0.5) is 11.5 Å². The second-order valence-corrected chi connectivity index (χ2v) is 10.9. The summed E-state index contributed by atoms with van der Waals surface area (Å²) in [6.07, 6.45) is 1.89. The highest BCUT2D eigenvalue weighted by Crippen LogP contribution is 2.32. The number of carbonyl (C=O) groups is 4. The van der Waals surface area contributed by atoms with E-state index in [1.165, 1.54) is 5.56 Å². The van der Waals surface area contributed by atoms with Gasteiger partial charge in [0.1, 0.15) is 11.9 Å². The first-order valence-electron chi connectivity index (χ1n) is 13.6. The largest absolute Gasteiger partial charge is 0.380 e. The molecule has 2 aromatic carbocycles. The Labute approximate surface area is 242 Å². The molecule has 1 atom stereocenters. The first-order valence-corrected chi connectivity index (χ1v) is 14.0. The number of imide groups is 2. The maximum atomic E-state index is 13.3. The van der Waals surface area contributed by atoms with Crippen molar-refractivity contribution in [3.8, 4) is 0 Å². The highest BCUT2D eigenvalue weighted by molar-refractivity contribution is 6.30. The summed E-state index contributed by atoms with van der Waals surface area (Å²) in [7, 11) is 0. The molecule has 4 amide bonds. The minimum absolute atomic E-state index is 0.0853. The molecule has 10 nitrogen and oxygen atoms in total. The maximum Gasteiger partial charge on any atom is 0.264 e. The summed E-state index contributed by atoms with van der Waals surface area (Å²) in [6, 6.07) is 16.2. The Kier molecular flexibility index (Phi) is 7.42. The van der Waals surface area contributed by atoms with Crippen LogP contribution in [-0.4, -0.2) is 70.6 Å². The van der Waals surface area contributed by atoms with Crippen molar-refractivity contribution in [1.82, 2.24) is 20.1 Å². The summed E-state index contributed by atoms with van der Waals surface area (Å²) in [5.74, 6) is -1.11. The van der Waals surface area contributed by atoms with Crippen LogP contribution in [-0.2, 0) is 22.7 Å². The van der Waals surface area contributed by atoms with Crippen LogP contribution < -0.4 is 15.5 Å². The van der Waals surface area contributed by atoms with Crippen molar-refractivity contribution in [3.05, 3.63) is 88.1 Å². The van der Waals surface area contributed by atoms with E-state index in [9.17, 15) is 19.2 Å². The van der Waals surface area contributed by atoms with Crippen molar-refractivity contribution in [2.45, 2.75) is 32.0 Å². The number of carbonyl (C=O) groups excluding carboxylic acids is 4. The highest BCUT2D eigenvalue weighted by atomic mass is 35.5. The van der Waals surface area contributed by atoms with Gasteiger partial charge < -0.3 is 10.2 Å². The Morgan fingerprint density at radius 1 is 0.902 bits per heavy atom. The molecule has 3 aromatic rings. The zero-order valence-corrected chi connectivity index (χ0v) is 23.1. The van der Waals surface area contributed by atoms with E-state index < -0.39 is 29.7 Å². The number of nitrogens with zero attached hydrogens (tertiary/aromatic N) is 4. The van der Waals surface area contributed by atoms with Crippen molar-refractivity contribution in [2.24, 2.45) is 0 Å². The van der Waals surface area contributed by atoms with Crippen LogP contribution in [0.1, 0.15) is 44.7 Å². The standard InChI is InChI=1S/C30H29ClN6O4/c31-21-8-10-25(33-17-21)36-14-12-35(13-15-36)18-20-6-4-19(5-7-20)16-32-23-3-1-2-22-27(23)30(41)37(29(22)40)24-9-11-26(38)34-28(24)39/h1-8,10,17,24,32H,9,11-16,18H2,(H,34,38,39). The van der Waals surface area contributed by atoms with Gasteiger partial charge in [-0.2, -0.15) is 0 Å². The molecule has 6 rings (SSSR count). The summed E-state index contributed by atoms with van der Waals surface area (Å²) in [4.78, 5) is 60.4. The number of rotatable bonds is 7. The molecular formula is C30H29ClN6O4. The number of amides is 4. The van der Waals surface area contributed by atoms with E-state index in [1.54, 1.807) is 24.4 Å². The number of hydrogen-bond acceptors (Lipinski definition) is 8. The van der Waals surface area contributed by atoms with Crippen LogP contribution in [0.25, 0.3) is 0 Å². The zero-order chi connectivity index (χ0) is 28.5. The lowest BCUT2D eigenvalue weighted by Crippen LogP contribution is -2.54. The topological polar surface area (TPSA) is 115 Å². The van der Waals surface area contributed by atoms with Crippen LogP contribution >= 0.6 is 11.6 Å². The molecular weight excluding hydrogens is 544 g/mol. The summed E-state index contributed by atoms with van der Waals surface area (Å²) >= 11 is 5.96. The second-order valence-electron chi connectivity index (χ2n) is 10.4. The number of nitrogens with one attached hydrogen (secondary N) is 2. The molecule has 1 unspecified atom stereocenters. The fourth-order valence-electron chi connectivity index (χ4n) is 5.57. The average Bonchev–Trinajstić information content (AvgIpc) is 3.23. The Morgan fingerprint density at radius 3 is 2.37 bits per heavy atom. The molecule has 3 aliphatic rings. The minimum atomic E-state index is -0.988. The Bertz CT molecular complexity index is 1500. The van der Waals surface area contributed by atoms with Crippen molar-refractivity contribution in [3.63, 3.8) is 0 Å². The van der Waals surface area contributed by atoms with Crippen LogP contribution in [0.2, 0.25) is 5.02 Å². The van der Waals surface area contributed by atoms with Gasteiger partial charge in [-0.05, 0) is 41.8 Å². The van der Waals surface area contributed by atoms with Crippen LogP contribution in [0.5, 0.6) is 0 Å². The third-order valence-corrected chi connectivity index (χ3v) is 8.01. The first-order chi connectivity index (χ1) is 19.9. The lowest BCUT2D eigenvalue weighted by atomic mass is 10.0. The van der Waals surface area contributed by atoms with Gasteiger partial charge in [-0.15, -0.1) is 0 Å². The normalized spacial score (nSPS) is 19.4. The number of fused-ring (bicyclic) bond motifs is 1. The molecule has 3 aliphatic heterocycles. The van der Waals surface area contributed by atoms with Crippen LogP contribution in [0, 0.1) is 0 Å². The van der Waals surface area contributed by atoms with E-state index in [2.05, 4.69) is 49.7 Å². The maximum absolute atomic E-state index is 13.3. The molecule has 1 aromatic heterocycles. The molecule has 2 N–H and O–H groups in total. The third kappa shape index (κ3) is 5.53. The molecule has 2 fully saturated rings. The molecule has 210 valence electrons. The smallest absolute Gasteiger partial charge is 0.264 e. The Morgan fingerprint density at radius 2 is 1.66 bits per heavy atom. The SMILES string of the molecule is O=C1CCC(N2C(=O)c3cccc(NCc4ccc(CN5CCN(c6ccc(Cl)cn6)CC5)cc4)c3C2=O)C(=O)N1. The van der Waals surface area contributed by atoms with Crippen molar-refractivity contribution < 1.29 is 19.2 Å². The molecule has 0 aliphatic carbocycles. The summed E-state index contributed by atoms with van der Waals surface area (Å²) < 4.78 is 0. The number of pyridine rings is 1. The molecule has 11 heteroatoms. The number of piperazine rings is 1. The van der Waals surface area contributed by atoms with Gasteiger partial charge in [-0.25, -0.2) is 4.98 Å². The van der Waals surface area contributed by atoms with Gasteiger partial charge in [0, 0.05) is 57.6 Å². The number of piperidine rings is 1. The third-order valence-electron chi connectivity index (χ3n) is 7.79. The molecule has 0 spiro atoms. The Hall–Kier alpha value is -4.28. The number of aromatic nitrogens is 1. The van der Waals surface area contributed by atoms with Crippen molar-refractivity contribution >= 4 is 46.7 Å². The van der Waals surface area contributed by atoms with Crippen molar-refractivity contribution in [2.75, 3.05) is 36.4 Å². The quantitative estimate of drug-likeness (QED) is 0.415. The van der Waals surface area contributed by atoms with Gasteiger partial charge in [0.15, 0.2) is 0 Å². The Balaban J connectivity index is 1.05. The minimum Gasteiger partial charge on any atom is -0.380 e. The number of anilines is 2. The summed E-state index contributed by atoms with van der Waals surface area (Å²) in [5.41, 5.74) is 3.29. The summed E-state index contributed by atoms with van der Waals surface area (Å²) in [6.45, 7) is 5.00. The molecule has 2 saturated heterocycles. The molecule has 41 heavy (non-hydrogen) atoms. The van der Waals surface area contributed by atoms with E-state index in [-0.39, 0.29) is 24.0 Å². The van der Waals surface area contributed by atoms with Gasteiger partial charge >= 0.3 is 0 Å². The fourth-order valence-corrected chi connectivity index (χ4v) is 5.68. The molecule has 0 radical (unpaired) electrons. The number of halogens is 1. The van der Waals surface area contributed by atoms with Gasteiger partial charge in [0.05, 0.1) is 16.1 Å². The zero-order valence-electron chi connectivity index (χ0n) is 22.3. The predicted octanol–water partition coefficient (Wildman–Crippen LogP) is 3.07. The van der Waals surface area contributed by atoms with E-state index in [1.807, 2.05) is 12.1 Å². The lowest BCUT2D eigenvalue weighted by Gasteiger charge is -2.35. The highest BCUT2D eigenvalue weighted by Gasteiger charge is 2.45. The van der Waals surface area contributed by atoms with Crippen LogP contribution in [0.15, 0.2) is 60.8 Å². The first kappa shape index (κ1) is 26.9. The lowest BCUT2D eigenvalue weighted by molar-refractivity contribution is -0.136. The fraction of sp³-hybridized carbons (Fsp3) is 0.300. The van der Waals surface area contributed by atoms with Crippen LogP contribution in [0.3, 0.4) is 0 Å². The van der Waals surface area contributed by atoms with Gasteiger partial charge in [-0.3, -0.25) is 34.3 Å². The second kappa shape index (κ2) is 11.3. The van der Waals surface area contributed by atoms with Gasteiger partial charge in [0.2, 0.25) is 11.8 Å². The van der Waals surface area contributed by atoms with E-state index >= 15 is 0 Å². The van der Waals surface area contributed by atoms with Gasteiger partial charge in [-0.1, -0.05) is 41.9 Å². The van der Waals surface area contributed by atoms with E-state index in [0.29, 0.717) is 17.3 Å². The van der Waals surface area contributed by atoms with E-state index in [0.717, 1.165) is 49.0 Å². The average molecular weight is 573 g/mol. The van der Waals surface area contributed by atoms with E-state index in [4.69, 9.17) is 11.6 Å². The molecule has 0 saturated carbocycles. The number of benzene rings is 2. The monoisotopic (exact) mass is 572 g/mol. The molecule has 4 heterocycles. The predicted molar refractivity (Wildman–Crippen MR) is 154 cm³/mol. The van der Waals surface area contributed by atoms with Crippen molar-refractivity contribution in [1.29, 1.82) is 0 Å². The number of hydrogen-bond donors (Lipinski definition) is 2.